The van der Waals surface area contributed by atoms with Crippen LogP contribution in [0, 0.1) is 25.2 Å². The maximum absolute atomic E-state index is 12.7. The topological polar surface area (TPSA) is 104 Å². The molecule has 1 aliphatic heterocycles. The molecule has 0 saturated carbocycles. The third-order valence-corrected chi connectivity index (χ3v) is 4.74. The average molecular weight is 359 g/mol. The van der Waals surface area contributed by atoms with E-state index in [9.17, 15) is 4.79 Å². The van der Waals surface area contributed by atoms with E-state index in [0.29, 0.717) is 35.7 Å². The van der Waals surface area contributed by atoms with Gasteiger partial charge in [0.25, 0.3) is 5.91 Å². The van der Waals surface area contributed by atoms with Crippen LogP contribution < -0.4 is 5.32 Å². The van der Waals surface area contributed by atoms with Gasteiger partial charge in [0, 0.05) is 17.3 Å². The number of aromatic nitrogens is 3. The van der Waals surface area contributed by atoms with E-state index in [1.165, 1.54) is 11.8 Å². The van der Waals surface area contributed by atoms with Gasteiger partial charge in [0.1, 0.15) is 11.8 Å². The Bertz CT molecular complexity index is 1130. The van der Waals surface area contributed by atoms with E-state index in [1.807, 2.05) is 25.1 Å². The van der Waals surface area contributed by atoms with Crippen molar-refractivity contribution in [3.05, 3.63) is 58.0 Å². The van der Waals surface area contributed by atoms with Gasteiger partial charge < -0.3 is 10.1 Å². The van der Waals surface area contributed by atoms with E-state index < -0.39 is 0 Å². The van der Waals surface area contributed by atoms with Crippen molar-refractivity contribution in [2.75, 3.05) is 18.5 Å². The molecule has 134 valence electrons. The van der Waals surface area contributed by atoms with Crippen molar-refractivity contribution in [3.8, 4) is 6.07 Å². The largest absolute Gasteiger partial charge is 0.373 e. The second-order valence-electron chi connectivity index (χ2n) is 6.50. The summed E-state index contributed by atoms with van der Waals surface area (Å²) in [6.45, 7) is 4.88. The Morgan fingerprint density at radius 3 is 2.85 bits per heavy atom. The van der Waals surface area contributed by atoms with E-state index in [4.69, 9.17) is 10.00 Å². The van der Waals surface area contributed by atoms with E-state index in [0.717, 1.165) is 22.2 Å². The Balaban J connectivity index is 1.63. The number of H-pyrrole nitrogens is 1. The van der Waals surface area contributed by atoms with Crippen molar-refractivity contribution in [1.82, 2.24) is 15.2 Å². The van der Waals surface area contributed by atoms with Crippen LogP contribution in [0.4, 0.5) is 5.69 Å². The molecule has 0 unspecified atom stereocenters. The van der Waals surface area contributed by atoms with Gasteiger partial charge in [-0.05, 0) is 54.8 Å². The molecule has 1 saturated heterocycles. The van der Waals surface area contributed by atoms with Crippen LogP contribution in [0.1, 0.15) is 32.9 Å². The zero-order valence-electron chi connectivity index (χ0n) is 15.0. The first-order chi connectivity index (χ1) is 13.1. The Kier molecular flexibility index (Phi) is 4.18. The van der Waals surface area contributed by atoms with Crippen molar-refractivity contribution in [1.29, 1.82) is 5.26 Å². The number of hydrogen-bond donors (Lipinski definition) is 2. The molecule has 7 heteroatoms. The molecular formula is C20H17N5O2. The number of amides is 1. The molecule has 0 spiro atoms. The van der Waals surface area contributed by atoms with Gasteiger partial charge in [0.2, 0.25) is 0 Å². The molecular weight excluding hydrogens is 342 g/mol. The Morgan fingerprint density at radius 1 is 1.33 bits per heavy atom. The first-order valence-corrected chi connectivity index (χ1v) is 8.50. The van der Waals surface area contributed by atoms with Crippen LogP contribution in [0.2, 0.25) is 0 Å². The average Bonchev–Trinajstić information content (AvgIpc) is 3.02. The number of benzene rings is 1. The normalized spacial score (nSPS) is 13.1. The number of pyridine rings is 1. The fraction of sp³-hybridized carbons (Fsp3) is 0.200. The minimum absolute atomic E-state index is 0.310. The number of carbonyl (C=O) groups is 1. The number of carbonyl (C=O) groups excluding carboxylic acids is 1. The molecule has 0 bridgehead atoms. The predicted molar refractivity (Wildman–Crippen MR) is 101 cm³/mol. The van der Waals surface area contributed by atoms with Crippen LogP contribution in [-0.4, -0.2) is 34.3 Å². The number of nitrogens with zero attached hydrogens (tertiary/aromatic N) is 3. The number of fused-ring (bicyclic) bond motifs is 1. The number of rotatable bonds is 3. The predicted octanol–water partition coefficient (Wildman–Crippen LogP) is 3.11. The summed E-state index contributed by atoms with van der Waals surface area (Å²) in [4.78, 5) is 16.8. The van der Waals surface area contributed by atoms with Crippen molar-refractivity contribution >= 4 is 28.6 Å². The minimum Gasteiger partial charge on any atom is -0.373 e. The highest BCUT2D eigenvalue weighted by Crippen LogP contribution is 2.24. The molecule has 0 atom stereocenters. The van der Waals surface area contributed by atoms with E-state index >= 15 is 0 Å². The maximum atomic E-state index is 12.7. The molecule has 7 nitrogen and oxygen atoms in total. The van der Waals surface area contributed by atoms with E-state index in [1.54, 1.807) is 13.0 Å². The number of aromatic amines is 1. The molecule has 0 aliphatic carbocycles. The molecule has 1 aromatic carbocycles. The number of nitrogens with one attached hydrogen (secondary N) is 2. The third-order valence-electron chi connectivity index (χ3n) is 4.74. The van der Waals surface area contributed by atoms with Crippen molar-refractivity contribution < 1.29 is 9.53 Å². The van der Waals surface area contributed by atoms with Gasteiger partial charge in [-0.15, -0.1) is 0 Å². The summed E-state index contributed by atoms with van der Waals surface area (Å²) in [5, 5.41) is 20.2. The van der Waals surface area contributed by atoms with Gasteiger partial charge in [0.15, 0.2) is 0 Å². The zero-order valence-corrected chi connectivity index (χ0v) is 15.0. The van der Waals surface area contributed by atoms with Crippen molar-refractivity contribution in [3.63, 3.8) is 0 Å². The molecule has 3 heterocycles. The van der Waals surface area contributed by atoms with Crippen LogP contribution in [0.25, 0.3) is 17.0 Å². The Morgan fingerprint density at radius 2 is 2.15 bits per heavy atom. The van der Waals surface area contributed by atoms with E-state index in [2.05, 4.69) is 26.6 Å². The summed E-state index contributed by atoms with van der Waals surface area (Å²) in [5.41, 5.74) is 5.82. The van der Waals surface area contributed by atoms with Crippen LogP contribution in [0.3, 0.4) is 0 Å². The SMILES string of the molecule is Cc1c(C#N)cnc(C(=O)Nc2ccc3n[nH]c(C=C4COC4)c3c2)c1C. The van der Waals surface area contributed by atoms with Crippen molar-refractivity contribution in [2.45, 2.75) is 13.8 Å². The number of hydrogen-bond acceptors (Lipinski definition) is 5. The molecule has 0 radical (unpaired) electrons. The molecule has 1 fully saturated rings. The fourth-order valence-corrected chi connectivity index (χ4v) is 2.96. The first kappa shape index (κ1) is 16.9. The number of anilines is 1. The summed E-state index contributed by atoms with van der Waals surface area (Å²) in [6, 6.07) is 7.62. The first-order valence-electron chi connectivity index (χ1n) is 8.50. The number of nitriles is 1. The highest BCUT2D eigenvalue weighted by Gasteiger charge is 2.16. The van der Waals surface area contributed by atoms with Crippen molar-refractivity contribution in [2.24, 2.45) is 0 Å². The second-order valence-corrected chi connectivity index (χ2v) is 6.50. The molecule has 1 aliphatic rings. The molecule has 2 N–H and O–H groups in total. The van der Waals surface area contributed by atoms with Crippen LogP contribution >= 0.6 is 0 Å². The fourth-order valence-electron chi connectivity index (χ4n) is 2.96. The Labute approximate surface area is 155 Å². The lowest BCUT2D eigenvalue weighted by Gasteiger charge is -2.16. The smallest absolute Gasteiger partial charge is 0.274 e. The lowest BCUT2D eigenvalue weighted by molar-refractivity contribution is 0.102. The molecule has 2 aromatic heterocycles. The van der Waals surface area contributed by atoms with E-state index in [-0.39, 0.29) is 5.91 Å². The van der Waals surface area contributed by atoms with Gasteiger partial charge in [-0.1, -0.05) is 0 Å². The van der Waals surface area contributed by atoms with Gasteiger partial charge in [-0.25, -0.2) is 4.98 Å². The Hall–Kier alpha value is -3.50. The summed E-state index contributed by atoms with van der Waals surface area (Å²) in [5.74, 6) is -0.310. The summed E-state index contributed by atoms with van der Waals surface area (Å²) in [7, 11) is 0. The zero-order chi connectivity index (χ0) is 19.0. The second kappa shape index (κ2) is 6.67. The van der Waals surface area contributed by atoms with Gasteiger partial charge in [-0.2, -0.15) is 10.4 Å². The molecule has 3 aromatic rings. The molecule has 4 rings (SSSR count). The van der Waals surface area contributed by atoms with Crippen LogP contribution in [0.15, 0.2) is 30.0 Å². The van der Waals surface area contributed by atoms with Crippen LogP contribution in [0.5, 0.6) is 0 Å². The quantitative estimate of drug-likeness (QED) is 0.748. The van der Waals surface area contributed by atoms with Gasteiger partial charge >= 0.3 is 0 Å². The summed E-state index contributed by atoms with van der Waals surface area (Å²) in [6.07, 6.45) is 3.46. The maximum Gasteiger partial charge on any atom is 0.274 e. The lowest BCUT2D eigenvalue weighted by Crippen LogP contribution is -2.16. The summed E-state index contributed by atoms with van der Waals surface area (Å²) < 4.78 is 5.17. The minimum atomic E-state index is -0.310. The summed E-state index contributed by atoms with van der Waals surface area (Å²) >= 11 is 0. The third kappa shape index (κ3) is 3.07. The van der Waals surface area contributed by atoms with Gasteiger partial charge in [-0.3, -0.25) is 9.89 Å². The van der Waals surface area contributed by atoms with Gasteiger partial charge in [0.05, 0.1) is 30.0 Å². The molecule has 1 amide bonds. The number of ether oxygens (including phenoxy) is 1. The highest BCUT2D eigenvalue weighted by molar-refractivity contribution is 6.05. The monoisotopic (exact) mass is 359 g/mol. The standard InChI is InChI=1S/C20H17N5O2/c1-11-12(2)19(22-8-14(11)7-21)20(26)23-15-3-4-17-16(6-15)18(25-24-17)5-13-9-27-10-13/h3-6,8H,9-10H2,1-2H3,(H,23,26)(H,24,25). The van der Waals surface area contributed by atoms with Crippen LogP contribution in [-0.2, 0) is 4.74 Å². The highest BCUT2D eigenvalue weighted by atomic mass is 16.5. The lowest BCUT2D eigenvalue weighted by atomic mass is 10.0. The molecule has 27 heavy (non-hydrogen) atoms.